The molecule has 0 aromatic heterocycles. The Morgan fingerprint density at radius 1 is 1.20 bits per heavy atom. The largest absolute Gasteiger partial charge is 0.469 e. The van der Waals surface area contributed by atoms with Gasteiger partial charge in [0.15, 0.2) is 0 Å². The minimum atomic E-state index is -1.25. The van der Waals surface area contributed by atoms with Gasteiger partial charge in [-0.25, -0.2) is 0 Å². The molecule has 5 heteroatoms. The molecule has 0 saturated carbocycles. The Morgan fingerprint density at radius 3 is 2.60 bits per heavy atom. The fraction of sp³-hybridized carbons (Fsp3) is 0.933. The third-order valence-electron chi connectivity index (χ3n) is 4.41. The van der Waals surface area contributed by atoms with Crippen molar-refractivity contribution in [2.24, 2.45) is 0 Å². The Bertz CT molecular complexity index is 298. The van der Waals surface area contributed by atoms with Gasteiger partial charge in [-0.1, -0.05) is 45.7 Å². The van der Waals surface area contributed by atoms with Crippen molar-refractivity contribution in [1.82, 2.24) is 9.47 Å². The van der Waals surface area contributed by atoms with Gasteiger partial charge in [-0.05, 0) is 6.04 Å². The molecule has 0 spiro atoms. The summed E-state index contributed by atoms with van der Waals surface area (Å²) < 4.78 is 7.40. The highest BCUT2D eigenvalue weighted by atomic mass is 28.3. The van der Waals surface area contributed by atoms with Crippen LogP contribution >= 0.6 is 0 Å². The van der Waals surface area contributed by atoms with E-state index in [2.05, 4.69) is 29.5 Å². The van der Waals surface area contributed by atoms with E-state index in [-0.39, 0.29) is 5.97 Å². The van der Waals surface area contributed by atoms with Crippen LogP contribution in [0.2, 0.25) is 19.1 Å². The van der Waals surface area contributed by atoms with Crippen molar-refractivity contribution in [1.29, 1.82) is 0 Å². The van der Waals surface area contributed by atoms with Crippen molar-refractivity contribution in [3.63, 3.8) is 0 Å². The maximum absolute atomic E-state index is 11.2. The van der Waals surface area contributed by atoms with Crippen LogP contribution in [0.5, 0.6) is 0 Å². The van der Waals surface area contributed by atoms with Gasteiger partial charge in [0.05, 0.1) is 13.5 Å². The second kappa shape index (κ2) is 8.80. The number of carbonyl (C=O) groups excluding carboxylic acids is 1. The predicted molar refractivity (Wildman–Crippen MR) is 86.2 cm³/mol. The van der Waals surface area contributed by atoms with E-state index in [1.807, 2.05) is 0 Å². The molecule has 0 bridgehead atoms. The lowest BCUT2D eigenvalue weighted by Gasteiger charge is -2.33. The van der Waals surface area contributed by atoms with Crippen molar-refractivity contribution in [3.05, 3.63) is 0 Å². The molecule has 1 rings (SSSR count). The van der Waals surface area contributed by atoms with Gasteiger partial charge < -0.3 is 9.30 Å². The molecule has 0 atom stereocenters. The van der Waals surface area contributed by atoms with Gasteiger partial charge in [-0.15, -0.1) is 0 Å². The van der Waals surface area contributed by atoms with Crippen LogP contribution < -0.4 is 0 Å². The lowest BCUT2D eigenvalue weighted by Crippen LogP contribution is -2.48. The van der Waals surface area contributed by atoms with Crippen molar-refractivity contribution >= 4 is 14.2 Å². The number of hydrogen-bond donors (Lipinski definition) is 0. The average molecular weight is 301 g/mol. The van der Waals surface area contributed by atoms with Crippen LogP contribution in [0.4, 0.5) is 0 Å². The summed E-state index contributed by atoms with van der Waals surface area (Å²) in [4.78, 5) is 13.6. The van der Waals surface area contributed by atoms with Gasteiger partial charge in [-0.2, -0.15) is 0 Å². The Kier molecular flexibility index (Phi) is 7.77. The number of unbranched alkanes of at least 4 members (excludes halogenated alkanes) is 3. The standard InChI is InChI=1S/C15H32N2O2Si/c1-5-6-7-8-13-20(3,4)17-12-11-16(14-17)10-9-15(18)19-2/h5-14H2,1-4H3. The first kappa shape index (κ1) is 17.7. The number of esters is 1. The molecule has 1 fully saturated rings. The highest BCUT2D eigenvalue weighted by Gasteiger charge is 2.33. The minimum absolute atomic E-state index is 0.0977. The third kappa shape index (κ3) is 5.93. The van der Waals surface area contributed by atoms with Crippen LogP contribution in [0, 0.1) is 0 Å². The number of carbonyl (C=O) groups is 1. The number of nitrogens with zero attached hydrogens (tertiary/aromatic N) is 2. The van der Waals surface area contributed by atoms with E-state index in [0.717, 1.165) is 19.8 Å². The molecule has 0 aromatic rings. The molecular weight excluding hydrogens is 268 g/mol. The molecule has 0 aliphatic carbocycles. The van der Waals surface area contributed by atoms with E-state index in [9.17, 15) is 4.79 Å². The molecule has 0 unspecified atom stereocenters. The molecule has 0 amide bonds. The number of methoxy groups -OCH3 is 1. The first-order chi connectivity index (χ1) is 9.49. The maximum Gasteiger partial charge on any atom is 0.306 e. The minimum Gasteiger partial charge on any atom is -0.469 e. The van der Waals surface area contributed by atoms with Crippen molar-refractivity contribution in [2.75, 3.05) is 33.4 Å². The zero-order valence-electron chi connectivity index (χ0n) is 13.8. The molecule has 0 radical (unpaired) electrons. The summed E-state index contributed by atoms with van der Waals surface area (Å²) in [5.41, 5.74) is 0. The van der Waals surface area contributed by atoms with Crippen LogP contribution in [0.3, 0.4) is 0 Å². The number of ether oxygens (including phenoxy) is 1. The van der Waals surface area contributed by atoms with E-state index in [1.54, 1.807) is 0 Å². The van der Waals surface area contributed by atoms with E-state index in [4.69, 9.17) is 4.74 Å². The first-order valence-corrected chi connectivity index (χ1v) is 11.2. The molecular formula is C15H32N2O2Si. The molecule has 1 aliphatic rings. The maximum atomic E-state index is 11.2. The predicted octanol–water partition coefficient (Wildman–Crippen LogP) is 2.91. The zero-order chi connectivity index (χ0) is 15.0. The Labute approximate surface area is 125 Å². The summed E-state index contributed by atoms with van der Waals surface area (Å²) in [5.74, 6) is -0.0977. The van der Waals surface area contributed by atoms with Crippen molar-refractivity contribution < 1.29 is 9.53 Å². The second-order valence-corrected chi connectivity index (χ2v) is 11.2. The van der Waals surface area contributed by atoms with Gasteiger partial charge in [0.25, 0.3) is 0 Å². The van der Waals surface area contributed by atoms with Crippen LogP contribution in [0.25, 0.3) is 0 Å². The van der Waals surface area contributed by atoms with Gasteiger partial charge in [-0.3, -0.25) is 9.69 Å². The molecule has 0 N–H and O–H groups in total. The summed E-state index contributed by atoms with van der Waals surface area (Å²) in [6.07, 6.45) is 5.96. The summed E-state index contributed by atoms with van der Waals surface area (Å²) in [7, 11) is 0.212. The van der Waals surface area contributed by atoms with Crippen LogP contribution in [0.1, 0.15) is 39.0 Å². The van der Waals surface area contributed by atoms with Crippen LogP contribution in [-0.2, 0) is 9.53 Å². The van der Waals surface area contributed by atoms with Gasteiger partial charge in [0, 0.05) is 26.3 Å². The third-order valence-corrected chi connectivity index (χ3v) is 8.07. The van der Waals surface area contributed by atoms with E-state index < -0.39 is 8.24 Å². The SMILES string of the molecule is CCCCCC[Si](C)(C)N1CCN(CCC(=O)OC)C1. The quantitative estimate of drug-likeness (QED) is 0.372. The molecule has 1 aliphatic heterocycles. The number of hydrogen-bond acceptors (Lipinski definition) is 4. The Morgan fingerprint density at radius 2 is 1.95 bits per heavy atom. The highest BCUT2D eigenvalue weighted by Crippen LogP contribution is 2.22. The highest BCUT2D eigenvalue weighted by molar-refractivity contribution is 6.74. The average Bonchev–Trinajstić information content (AvgIpc) is 2.90. The van der Waals surface area contributed by atoms with Crippen molar-refractivity contribution in [3.8, 4) is 0 Å². The van der Waals surface area contributed by atoms with Crippen LogP contribution in [0.15, 0.2) is 0 Å². The second-order valence-electron chi connectivity index (χ2n) is 6.47. The Balaban J connectivity index is 2.28. The smallest absolute Gasteiger partial charge is 0.306 e. The summed E-state index contributed by atoms with van der Waals surface area (Å²) in [6.45, 7) is 11.4. The topological polar surface area (TPSA) is 32.8 Å². The number of rotatable bonds is 9. The fourth-order valence-corrected chi connectivity index (χ4v) is 5.54. The Hall–Kier alpha value is -0.393. The summed E-state index contributed by atoms with van der Waals surface area (Å²) in [6, 6.07) is 1.40. The molecule has 1 saturated heterocycles. The lowest BCUT2D eigenvalue weighted by molar-refractivity contribution is -0.140. The van der Waals surface area contributed by atoms with E-state index in [1.165, 1.54) is 45.4 Å². The summed E-state index contributed by atoms with van der Waals surface area (Å²) >= 11 is 0. The van der Waals surface area contributed by atoms with Gasteiger partial charge in [0.2, 0.25) is 0 Å². The van der Waals surface area contributed by atoms with Gasteiger partial charge in [0.1, 0.15) is 8.24 Å². The molecule has 1 heterocycles. The van der Waals surface area contributed by atoms with E-state index >= 15 is 0 Å². The monoisotopic (exact) mass is 300 g/mol. The fourth-order valence-electron chi connectivity index (χ4n) is 2.82. The van der Waals surface area contributed by atoms with Crippen molar-refractivity contribution in [2.45, 2.75) is 58.2 Å². The normalized spacial score (nSPS) is 17.6. The first-order valence-electron chi connectivity index (χ1n) is 8.04. The molecule has 118 valence electrons. The van der Waals surface area contributed by atoms with Gasteiger partial charge >= 0.3 is 5.97 Å². The zero-order valence-corrected chi connectivity index (χ0v) is 14.8. The molecule has 0 aromatic carbocycles. The molecule has 4 nitrogen and oxygen atoms in total. The van der Waals surface area contributed by atoms with E-state index in [0.29, 0.717) is 6.42 Å². The molecule has 20 heavy (non-hydrogen) atoms. The van der Waals surface area contributed by atoms with Crippen LogP contribution in [-0.4, -0.2) is 57.1 Å². The summed E-state index contributed by atoms with van der Waals surface area (Å²) in [5, 5.41) is 0. The lowest BCUT2D eigenvalue weighted by atomic mass is 10.2.